The van der Waals surface area contributed by atoms with Crippen LogP contribution in [0.4, 0.5) is 0 Å². The summed E-state index contributed by atoms with van der Waals surface area (Å²) in [4.78, 5) is 12.1. The third-order valence-electron chi connectivity index (χ3n) is 3.62. The third kappa shape index (κ3) is 3.90. The van der Waals surface area contributed by atoms with E-state index < -0.39 is 6.29 Å². The number of carbonyl (C=O) groups excluding carboxylic acids is 1. The lowest BCUT2D eigenvalue weighted by Crippen LogP contribution is -2.29. The molecule has 20 heavy (non-hydrogen) atoms. The van der Waals surface area contributed by atoms with Crippen LogP contribution in [0.5, 0.6) is 0 Å². The van der Waals surface area contributed by atoms with Crippen LogP contribution in [0.3, 0.4) is 0 Å². The summed E-state index contributed by atoms with van der Waals surface area (Å²) in [6.07, 6.45) is 6.41. The van der Waals surface area contributed by atoms with Gasteiger partial charge in [0.15, 0.2) is 5.78 Å². The number of hydrogen-bond donors (Lipinski definition) is 0. The summed E-state index contributed by atoms with van der Waals surface area (Å²) in [7, 11) is 0. The lowest BCUT2D eigenvalue weighted by atomic mass is 10.2. The van der Waals surface area contributed by atoms with Crippen molar-refractivity contribution in [1.82, 2.24) is 9.78 Å². The van der Waals surface area contributed by atoms with Crippen molar-refractivity contribution in [2.24, 2.45) is 0 Å². The molecule has 0 radical (unpaired) electrons. The Bertz CT molecular complexity index is 419. The molecule has 0 N–H and O–H groups in total. The van der Waals surface area contributed by atoms with Gasteiger partial charge in [-0.2, -0.15) is 5.10 Å². The predicted octanol–water partition coefficient (Wildman–Crippen LogP) is 2.51. The number of carbonyl (C=O) groups is 1. The van der Waals surface area contributed by atoms with Crippen molar-refractivity contribution in [1.29, 1.82) is 0 Å². The van der Waals surface area contributed by atoms with Crippen LogP contribution in [-0.4, -0.2) is 35.1 Å². The van der Waals surface area contributed by atoms with Crippen molar-refractivity contribution >= 4 is 5.78 Å². The predicted molar refractivity (Wildman–Crippen MR) is 75.5 cm³/mol. The fraction of sp³-hybridized carbons (Fsp3) is 0.733. The summed E-state index contributed by atoms with van der Waals surface area (Å²) >= 11 is 0. The van der Waals surface area contributed by atoms with Crippen LogP contribution in [0, 0.1) is 0 Å². The van der Waals surface area contributed by atoms with E-state index in [1.807, 2.05) is 30.8 Å². The summed E-state index contributed by atoms with van der Waals surface area (Å²) in [6, 6.07) is 2.43. The number of ether oxygens (including phenoxy) is 2. The van der Waals surface area contributed by atoms with Gasteiger partial charge >= 0.3 is 0 Å². The van der Waals surface area contributed by atoms with E-state index in [0.717, 1.165) is 5.69 Å². The van der Waals surface area contributed by atoms with Gasteiger partial charge in [0.2, 0.25) is 6.29 Å². The molecule has 1 aromatic heterocycles. The van der Waals surface area contributed by atoms with Crippen molar-refractivity contribution in [3.05, 3.63) is 18.0 Å². The second-order valence-electron chi connectivity index (χ2n) is 5.11. The molecule has 0 atom stereocenters. The molecule has 0 aliphatic heterocycles. The SMILES string of the molecule is CCOC(OCC)C(=O)Cc1ccn(C2CCCC2)n1. The smallest absolute Gasteiger partial charge is 0.218 e. The second-order valence-corrected chi connectivity index (χ2v) is 5.11. The van der Waals surface area contributed by atoms with E-state index in [2.05, 4.69) is 5.10 Å². The van der Waals surface area contributed by atoms with Gasteiger partial charge in [-0.3, -0.25) is 9.48 Å². The molecule has 0 unspecified atom stereocenters. The molecule has 1 aliphatic rings. The van der Waals surface area contributed by atoms with Gasteiger partial charge < -0.3 is 9.47 Å². The maximum Gasteiger partial charge on any atom is 0.218 e. The first kappa shape index (κ1) is 15.2. The topological polar surface area (TPSA) is 53.4 Å². The molecule has 5 heteroatoms. The van der Waals surface area contributed by atoms with Crippen LogP contribution in [-0.2, 0) is 20.7 Å². The van der Waals surface area contributed by atoms with E-state index >= 15 is 0 Å². The molecule has 0 spiro atoms. The summed E-state index contributed by atoms with van der Waals surface area (Å²) in [5.41, 5.74) is 0.798. The Morgan fingerprint density at radius 3 is 2.60 bits per heavy atom. The van der Waals surface area contributed by atoms with Gasteiger partial charge in [-0.05, 0) is 32.8 Å². The monoisotopic (exact) mass is 280 g/mol. The molecular formula is C15H24N2O3. The van der Waals surface area contributed by atoms with E-state index in [1.165, 1.54) is 25.7 Å². The zero-order chi connectivity index (χ0) is 14.4. The van der Waals surface area contributed by atoms with Crippen LogP contribution < -0.4 is 0 Å². The average Bonchev–Trinajstić information content (AvgIpc) is 3.08. The van der Waals surface area contributed by atoms with Gasteiger partial charge in [-0.1, -0.05) is 12.8 Å². The van der Waals surface area contributed by atoms with Gasteiger partial charge in [0.05, 0.1) is 18.2 Å². The largest absolute Gasteiger partial charge is 0.346 e. The highest BCUT2D eigenvalue weighted by atomic mass is 16.7. The van der Waals surface area contributed by atoms with E-state index in [0.29, 0.717) is 19.3 Å². The zero-order valence-electron chi connectivity index (χ0n) is 12.4. The Balaban J connectivity index is 1.92. The fourth-order valence-electron chi connectivity index (χ4n) is 2.64. The standard InChI is InChI=1S/C15H24N2O3/c1-3-19-15(20-4-2)14(18)11-12-9-10-17(16-12)13-7-5-6-8-13/h9-10,13,15H,3-8,11H2,1-2H3. The van der Waals surface area contributed by atoms with E-state index in [1.54, 1.807) is 0 Å². The Labute approximate surface area is 120 Å². The quantitative estimate of drug-likeness (QED) is 0.687. The Hall–Kier alpha value is -1.20. The molecule has 5 nitrogen and oxygen atoms in total. The fourth-order valence-corrected chi connectivity index (χ4v) is 2.64. The molecule has 1 heterocycles. The molecule has 112 valence electrons. The highest BCUT2D eigenvalue weighted by Gasteiger charge is 2.22. The van der Waals surface area contributed by atoms with Gasteiger partial charge in [0.25, 0.3) is 0 Å². The van der Waals surface area contributed by atoms with Gasteiger partial charge in [0, 0.05) is 19.4 Å². The number of nitrogens with zero attached hydrogens (tertiary/aromatic N) is 2. The van der Waals surface area contributed by atoms with E-state index in [4.69, 9.17) is 9.47 Å². The van der Waals surface area contributed by atoms with Gasteiger partial charge in [-0.25, -0.2) is 0 Å². The van der Waals surface area contributed by atoms with Crippen molar-refractivity contribution in [3.8, 4) is 0 Å². The Morgan fingerprint density at radius 1 is 1.35 bits per heavy atom. The van der Waals surface area contributed by atoms with Crippen molar-refractivity contribution in [2.75, 3.05) is 13.2 Å². The first-order valence-corrected chi connectivity index (χ1v) is 7.54. The molecule has 1 aromatic rings. The highest BCUT2D eigenvalue weighted by molar-refractivity contribution is 5.83. The van der Waals surface area contributed by atoms with Crippen LogP contribution in [0.25, 0.3) is 0 Å². The maximum absolute atomic E-state index is 12.1. The zero-order valence-corrected chi connectivity index (χ0v) is 12.4. The number of rotatable bonds is 8. The minimum absolute atomic E-state index is 0.0645. The van der Waals surface area contributed by atoms with Crippen molar-refractivity contribution < 1.29 is 14.3 Å². The third-order valence-corrected chi connectivity index (χ3v) is 3.62. The van der Waals surface area contributed by atoms with Crippen LogP contribution in [0.2, 0.25) is 0 Å². The molecule has 0 bridgehead atoms. The summed E-state index contributed by atoms with van der Waals surface area (Å²) in [5.74, 6) is -0.0645. The Kier molecular flexibility index (Phi) is 5.73. The minimum Gasteiger partial charge on any atom is -0.346 e. The van der Waals surface area contributed by atoms with E-state index in [9.17, 15) is 4.79 Å². The van der Waals surface area contributed by atoms with Gasteiger partial charge in [0.1, 0.15) is 0 Å². The molecule has 1 saturated carbocycles. The molecule has 1 aliphatic carbocycles. The van der Waals surface area contributed by atoms with Crippen LogP contribution in [0.15, 0.2) is 12.3 Å². The first-order valence-electron chi connectivity index (χ1n) is 7.54. The molecule has 0 saturated heterocycles. The minimum atomic E-state index is -0.762. The molecule has 2 rings (SSSR count). The number of aromatic nitrogens is 2. The summed E-state index contributed by atoms with van der Waals surface area (Å²) < 4.78 is 12.6. The number of ketones is 1. The van der Waals surface area contributed by atoms with Gasteiger partial charge in [-0.15, -0.1) is 0 Å². The summed E-state index contributed by atoms with van der Waals surface area (Å²) in [6.45, 7) is 4.64. The molecule has 0 aromatic carbocycles. The first-order chi connectivity index (χ1) is 9.74. The highest BCUT2D eigenvalue weighted by Crippen LogP contribution is 2.28. The lowest BCUT2D eigenvalue weighted by molar-refractivity contribution is -0.167. The van der Waals surface area contributed by atoms with Crippen molar-refractivity contribution in [2.45, 2.75) is 58.3 Å². The normalized spacial score (nSPS) is 16.1. The summed E-state index contributed by atoms with van der Waals surface area (Å²) in [5, 5.41) is 4.52. The average molecular weight is 280 g/mol. The van der Waals surface area contributed by atoms with Crippen LogP contribution in [0.1, 0.15) is 51.3 Å². The number of Topliss-reactive ketones (excluding diaryl/α,β-unsaturated/α-hetero) is 1. The Morgan fingerprint density at radius 2 is 2.00 bits per heavy atom. The van der Waals surface area contributed by atoms with Crippen molar-refractivity contribution in [3.63, 3.8) is 0 Å². The maximum atomic E-state index is 12.1. The lowest BCUT2D eigenvalue weighted by Gasteiger charge is -2.14. The molecular weight excluding hydrogens is 256 g/mol. The second kappa shape index (κ2) is 7.55. The number of hydrogen-bond acceptors (Lipinski definition) is 4. The van der Waals surface area contributed by atoms with E-state index in [-0.39, 0.29) is 12.2 Å². The van der Waals surface area contributed by atoms with Crippen LogP contribution >= 0.6 is 0 Å². The molecule has 0 amide bonds. The molecule has 1 fully saturated rings.